The number of hydrogen-bond donors (Lipinski definition) is 3. The number of fused-ring (bicyclic) bond motifs is 1. The van der Waals surface area contributed by atoms with Crippen molar-refractivity contribution in [3.05, 3.63) is 35.2 Å². The molecule has 0 radical (unpaired) electrons. The van der Waals surface area contributed by atoms with E-state index in [0.717, 1.165) is 5.56 Å². The van der Waals surface area contributed by atoms with Gasteiger partial charge in [-0.05, 0) is 38.5 Å². The maximum atomic E-state index is 9.78. The van der Waals surface area contributed by atoms with Gasteiger partial charge in [-0.1, -0.05) is 6.07 Å². The SMILES string of the molecule is CCOc1cc(C2C(C#N)=C(N)OC3NNC(COC)C32)ccc1OC(C)C. The molecule has 1 saturated heterocycles. The molecular formula is C20H28N4O4. The van der Waals surface area contributed by atoms with Crippen LogP contribution in [0.5, 0.6) is 11.5 Å². The standard InChI is InChI=1S/C20H28N4O4/c1-5-26-16-8-12(6-7-15(16)27-11(2)3)17-13(9-21)19(22)28-20-18(17)14(10-25-4)23-24-20/h6-8,11,14,17-18,20,23-24H,5,10,22H2,1-4H3. The third kappa shape index (κ3) is 3.87. The summed E-state index contributed by atoms with van der Waals surface area (Å²) in [5.41, 5.74) is 13.7. The highest BCUT2D eigenvalue weighted by atomic mass is 16.5. The van der Waals surface area contributed by atoms with Gasteiger partial charge in [-0.25, -0.2) is 10.9 Å². The molecule has 152 valence electrons. The average molecular weight is 388 g/mol. The maximum absolute atomic E-state index is 9.78. The van der Waals surface area contributed by atoms with E-state index in [9.17, 15) is 5.26 Å². The Balaban J connectivity index is 2.05. The molecule has 2 aliphatic rings. The van der Waals surface area contributed by atoms with Crippen molar-refractivity contribution in [3.63, 3.8) is 0 Å². The molecule has 0 saturated carbocycles. The van der Waals surface area contributed by atoms with Crippen LogP contribution in [-0.4, -0.2) is 38.7 Å². The first-order valence-corrected chi connectivity index (χ1v) is 9.49. The minimum atomic E-state index is -0.357. The quantitative estimate of drug-likeness (QED) is 0.648. The number of nitrogens with one attached hydrogen (secondary N) is 2. The van der Waals surface area contributed by atoms with Crippen LogP contribution in [0.4, 0.5) is 0 Å². The van der Waals surface area contributed by atoms with Gasteiger partial charge >= 0.3 is 0 Å². The Morgan fingerprint density at radius 2 is 2.07 bits per heavy atom. The van der Waals surface area contributed by atoms with Crippen LogP contribution in [0.25, 0.3) is 0 Å². The number of allylic oxidation sites excluding steroid dienone is 1. The summed E-state index contributed by atoms with van der Waals surface area (Å²) in [6, 6.07) is 7.97. The molecule has 4 atom stereocenters. The molecule has 1 aromatic rings. The third-order valence-corrected chi connectivity index (χ3v) is 4.90. The van der Waals surface area contributed by atoms with E-state index >= 15 is 0 Å². The molecule has 0 aliphatic carbocycles. The molecule has 0 amide bonds. The zero-order valence-corrected chi connectivity index (χ0v) is 16.7. The Labute approximate surface area is 165 Å². The molecule has 1 fully saturated rings. The zero-order valence-electron chi connectivity index (χ0n) is 16.7. The lowest BCUT2D eigenvalue weighted by atomic mass is 9.75. The van der Waals surface area contributed by atoms with Crippen molar-refractivity contribution >= 4 is 0 Å². The van der Waals surface area contributed by atoms with Gasteiger partial charge in [0.15, 0.2) is 17.7 Å². The van der Waals surface area contributed by atoms with Crippen LogP contribution < -0.4 is 26.1 Å². The van der Waals surface area contributed by atoms with Gasteiger partial charge in [-0.3, -0.25) is 0 Å². The molecule has 0 bridgehead atoms. The molecule has 4 unspecified atom stereocenters. The summed E-state index contributed by atoms with van der Waals surface area (Å²) in [5.74, 6) is 1.12. The topological polar surface area (TPSA) is 111 Å². The summed E-state index contributed by atoms with van der Waals surface area (Å²) in [6.07, 6.45) is -0.332. The second-order valence-corrected chi connectivity index (χ2v) is 7.14. The van der Waals surface area contributed by atoms with Gasteiger partial charge in [-0.2, -0.15) is 5.26 Å². The second-order valence-electron chi connectivity index (χ2n) is 7.14. The molecule has 4 N–H and O–H groups in total. The number of benzene rings is 1. The van der Waals surface area contributed by atoms with Crippen LogP contribution in [0.1, 0.15) is 32.3 Å². The van der Waals surface area contributed by atoms with Crippen molar-refractivity contribution in [2.45, 2.75) is 45.1 Å². The molecule has 2 aliphatic heterocycles. The first-order valence-electron chi connectivity index (χ1n) is 9.49. The molecule has 3 rings (SSSR count). The van der Waals surface area contributed by atoms with Crippen LogP contribution in [0.3, 0.4) is 0 Å². The minimum absolute atomic E-state index is 0.0250. The lowest BCUT2D eigenvalue weighted by molar-refractivity contribution is 0.0278. The van der Waals surface area contributed by atoms with E-state index in [1.165, 1.54) is 0 Å². The molecule has 8 heteroatoms. The van der Waals surface area contributed by atoms with Gasteiger partial charge in [0.25, 0.3) is 0 Å². The Morgan fingerprint density at radius 1 is 1.29 bits per heavy atom. The van der Waals surface area contributed by atoms with Crippen molar-refractivity contribution < 1.29 is 18.9 Å². The normalized spacial score (nSPS) is 26.6. The van der Waals surface area contributed by atoms with E-state index < -0.39 is 0 Å². The fourth-order valence-electron chi connectivity index (χ4n) is 3.84. The van der Waals surface area contributed by atoms with Gasteiger partial charge in [0.1, 0.15) is 6.07 Å². The summed E-state index contributed by atoms with van der Waals surface area (Å²) in [5, 5.41) is 9.78. The third-order valence-electron chi connectivity index (χ3n) is 4.90. The number of hydrazine groups is 1. The number of methoxy groups -OCH3 is 1. The van der Waals surface area contributed by atoms with E-state index in [1.54, 1.807) is 7.11 Å². The van der Waals surface area contributed by atoms with Crippen LogP contribution in [0.2, 0.25) is 0 Å². The van der Waals surface area contributed by atoms with Gasteiger partial charge in [-0.15, -0.1) is 0 Å². The second kappa shape index (κ2) is 8.69. The zero-order chi connectivity index (χ0) is 20.3. The van der Waals surface area contributed by atoms with Gasteiger partial charge < -0.3 is 24.7 Å². The predicted octanol–water partition coefficient (Wildman–Crippen LogP) is 1.75. The molecular weight excluding hydrogens is 360 g/mol. The Hall–Kier alpha value is -2.47. The van der Waals surface area contributed by atoms with Gasteiger partial charge in [0.2, 0.25) is 5.88 Å². The largest absolute Gasteiger partial charge is 0.490 e. The van der Waals surface area contributed by atoms with Crippen LogP contribution in [-0.2, 0) is 9.47 Å². The molecule has 0 spiro atoms. The minimum Gasteiger partial charge on any atom is -0.490 e. The first kappa shape index (κ1) is 20.3. The lowest BCUT2D eigenvalue weighted by Crippen LogP contribution is -2.42. The maximum Gasteiger partial charge on any atom is 0.200 e. The molecule has 8 nitrogen and oxygen atoms in total. The van der Waals surface area contributed by atoms with E-state index in [1.807, 2.05) is 39.0 Å². The Morgan fingerprint density at radius 3 is 2.71 bits per heavy atom. The van der Waals surface area contributed by atoms with Crippen LogP contribution in [0.15, 0.2) is 29.7 Å². The van der Waals surface area contributed by atoms with Crippen LogP contribution in [0, 0.1) is 17.2 Å². The first-order chi connectivity index (χ1) is 13.5. The van der Waals surface area contributed by atoms with E-state index in [4.69, 9.17) is 24.7 Å². The molecule has 28 heavy (non-hydrogen) atoms. The van der Waals surface area contributed by atoms with Crippen molar-refractivity contribution in [2.75, 3.05) is 20.3 Å². The lowest BCUT2D eigenvalue weighted by Gasteiger charge is -2.35. The Kier molecular flexibility index (Phi) is 6.29. The number of nitrogens with zero attached hydrogens (tertiary/aromatic N) is 1. The average Bonchev–Trinajstić information content (AvgIpc) is 3.04. The van der Waals surface area contributed by atoms with E-state index in [0.29, 0.717) is 30.3 Å². The number of hydrogen-bond acceptors (Lipinski definition) is 8. The monoisotopic (exact) mass is 388 g/mol. The van der Waals surface area contributed by atoms with Crippen molar-refractivity contribution in [1.29, 1.82) is 5.26 Å². The summed E-state index contributed by atoms with van der Waals surface area (Å²) in [7, 11) is 1.65. The van der Waals surface area contributed by atoms with Crippen molar-refractivity contribution in [1.82, 2.24) is 10.9 Å². The summed E-state index contributed by atoms with van der Waals surface area (Å²) >= 11 is 0. The fraction of sp³-hybridized carbons (Fsp3) is 0.550. The summed E-state index contributed by atoms with van der Waals surface area (Å²) < 4.78 is 22.8. The molecule has 0 aromatic heterocycles. The van der Waals surface area contributed by atoms with Crippen LogP contribution >= 0.6 is 0 Å². The summed E-state index contributed by atoms with van der Waals surface area (Å²) in [6.45, 7) is 6.84. The molecule has 2 heterocycles. The highest BCUT2D eigenvalue weighted by Crippen LogP contribution is 2.44. The smallest absolute Gasteiger partial charge is 0.200 e. The van der Waals surface area contributed by atoms with E-state index in [2.05, 4.69) is 16.9 Å². The summed E-state index contributed by atoms with van der Waals surface area (Å²) in [4.78, 5) is 0. The highest BCUT2D eigenvalue weighted by Gasteiger charge is 2.48. The number of rotatable bonds is 7. The van der Waals surface area contributed by atoms with Crippen molar-refractivity contribution in [2.24, 2.45) is 11.7 Å². The molecule has 1 aromatic carbocycles. The number of nitriles is 1. The predicted molar refractivity (Wildman–Crippen MR) is 103 cm³/mol. The van der Waals surface area contributed by atoms with Gasteiger partial charge in [0, 0.05) is 18.9 Å². The fourth-order valence-corrected chi connectivity index (χ4v) is 3.84. The van der Waals surface area contributed by atoms with Crippen molar-refractivity contribution in [3.8, 4) is 17.6 Å². The van der Waals surface area contributed by atoms with E-state index in [-0.39, 0.29) is 36.1 Å². The Bertz CT molecular complexity index is 774. The highest BCUT2D eigenvalue weighted by molar-refractivity contribution is 5.49. The number of nitrogens with two attached hydrogens (primary N) is 1. The number of ether oxygens (including phenoxy) is 4. The van der Waals surface area contributed by atoms with Gasteiger partial charge in [0.05, 0.1) is 30.9 Å².